The van der Waals surface area contributed by atoms with Crippen molar-refractivity contribution < 1.29 is 0 Å². The maximum atomic E-state index is 6.01. The van der Waals surface area contributed by atoms with Gasteiger partial charge in [0.25, 0.3) is 0 Å². The summed E-state index contributed by atoms with van der Waals surface area (Å²) >= 11 is 15.5. The average Bonchev–Trinajstić information content (AvgIpc) is 2.79. The van der Waals surface area contributed by atoms with E-state index in [-0.39, 0.29) is 0 Å². The van der Waals surface area contributed by atoms with Gasteiger partial charge in [-0.1, -0.05) is 17.7 Å². The summed E-state index contributed by atoms with van der Waals surface area (Å²) in [7, 11) is 0. The van der Waals surface area contributed by atoms with E-state index in [0.29, 0.717) is 17.3 Å². The van der Waals surface area contributed by atoms with Gasteiger partial charge >= 0.3 is 0 Å². The van der Waals surface area contributed by atoms with Gasteiger partial charge in [-0.15, -0.1) is 11.6 Å². The predicted octanol–water partition coefficient (Wildman–Crippen LogP) is 4.93. The highest BCUT2D eigenvalue weighted by atomic mass is 79.9. The molecule has 0 atom stereocenters. The van der Waals surface area contributed by atoms with Gasteiger partial charge in [0, 0.05) is 23.0 Å². The molecule has 0 N–H and O–H groups in total. The van der Waals surface area contributed by atoms with E-state index in [2.05, 4.69) is 45.0 Å². The molecule has 0 unspecified atom stereocenters. The summed E-state index contributed by atoms with van der Waals surface area (Å²) < 4.78 is 3.02. The van der Waals surface area contributed by atoms with Gasteiger partial charge in [-0.25, -0.2) is 9.97 Å². The Morgan fingerprint density at radius 3 is 2.86 bits per heavy atom. The third-order valence-electron chi connectivity index (χ3n) is 3.19. The number of benzene rings is 1. The highest BCUT2D eigenvalue weighted by Crippen LogP contribution is 2.28. The fourth-order valence-electron chi connectivity index (χ4n) is 2.29. The summed E-state index contributed by atoms with van der Waals surface area (Å²) in [4.78, 5) is 9.06. The van der Waals surface area contributed by atoms with Gasteiger partial charge in [0.05, 0.1) is 10.7 Å². The van der Waals surface area contributed by atoms with Crippen LogP contribution < -0.4 is 0 Å². The summed E-state index contributed by atoms with van der Waals surface area (Å²) in [6.07, 6.45) is 2.30. The molecule has 1 aromatic carbocycles. The SMILES string of the molecule is Cc1ccc(Br)c(-n2c(CCCl)nc3cc(Cl)cnc32)c1. The Balaban J connectivity index is 2.33. The van der Waals surface area contributed by atoms with Gasteiger partial charge in [0.2, 0.25) is 0 Å². The maximum absolute atomic E-state index is 6.01. The van der Waals surface area contributed by atoms with Gasteiger partial charge < -0.3 is 0 Å². The lowest BCUT2D eigenvalue weighted by Crippen LogP contribution is -2.04. The Kier molecular flexibility index (Phi) is 4.20. The molecule has 6 heteroatoms. The Morgan fingerprint density at radius 2 is 2.10 bits per heavy atom. The minimum atomic E-state index is 0.500. The van der Waals surface area contributed by atoms with Crippen molar-refractivity contribution in [3.05, 3.63) is 51.3 Å². The van der Waals surface area contributed by atoms with Crippen LogP contribution in [0.2, 0.25) is 5.02 Å². The van der Waals surface area contributed by atoms with Crippen LogP contribution in [0.5, 0.6) is 0 Å². The molecule has 0 aliphatic rings. The fraction of sp³-hybridized carbons (Fsp3) is 0.200. The van der Waals surface area contributed by atoms with E-state index < -0.39 is 0 Å². The monoisotopic (exact) mass is 383 g/mol. The van der Waals surface area contributed by atoms with E-state index in [1.807, 2.05) is 16.7 Å². The number of halogens is 3. The first-order valence-corrected chi connectivity index (χ1v) is 8.16. The van der Waals surface area contributed by atoms with Crippen LogP contribution in [-0.4, -0.2) is 20.4 Å². The first-order valence-electron chi connectivity index (χ1n) is 6.45. The molecule has 0 spiro atoms. The predicted molar refractivity (Wildman–Crippen MR) is 90.7 cm³/mol. The van der Waals surface area contributed by atoms with E-state index in [9.17, 15) is 0 Å². The van der Waals surface area contributed by atoms with Gasteiger partial charge in [-0.05, 0) is 46.6 Å². The van der Waals surface area contributed by atoms with Crippen LogP contribution in [0.4, 0.5) is 0 Å². The molecule has 2 heterocycles. The van der Waals surface area contributed by atoms with E-state index in [0.717, 1.165) is 27.1 Å². The van der Waals surface area contributed by atoms with Gasteiger partial charge in [-0.3, -0.25) is 4.57 Å². The Morgan fingerprint density at radius 1 is 1.29 bits per heavy atom. The van der Waals surface area contributed by atoms with Crippen molar-refractivity contribution in [1.82, 2.24) is 14.5 Å². The van der Waals surface area contributed by atoms with Crippen LogP contribution in [0.15, 0.2) is 34.9 Å². The van der Waals surface area contributed by atoms with Crippen LogP contribution in [0.1, 0.15) is 11.4 Å². The molecule has 0 bridgehead atoms. The Labute approximate surface area is 141 Å². The zero-order valence-electron chi connectivity index (χ0n) is 11.3. The molecule has 21 heavy (non-hydrogen) atoms. The van der Waals surface area contributed by atoms with E-state index in [1.165, 1.54) is 5.56 Å². The van der Waals surface area contributed by atoms with Crippen molar-refractivity contribution in [3.63, 3.8) is 0 Å². The normalized spacial score (nSPS) is 11.2. The Bertz CT molecular complexity index is 814. The molecule has 0 aliphatic heterocycles. The molecule has 108 valence electrons. The zero-order valence-corrected chi connectivity index (χ0v) is 14.4. The van der Waals surface area contributed by atoms with Gasteiger partial charge in [0.15, 0.2) is 5.65 Å². The molecule has 3 rings (SSSR count). The minimum absolute atomic E-state index is 0.500. The summed E-state index contributed by atoms with van der Waals surface area (Å²) in [6, 6.07) is 8.00. The van der Waals surface area contributed by atoms with Crippen LogP contribution in [-0.2, 0) is 6.42 Å². The zero-order chi connectivity index (χ0) is 15.0. The molecule has 0 aliphatic carbocycles. The summed E-state index contributed by atoms with van der Waals surface area (Å²) in [5.74, 6) is 1.38. The maximum Gasteiger partial charge on any atom is 0.164 e. The molecular weight excluding hydrogens is 373 g/mol. The second kappa shape index (κ2) is 5.95. The lowest BCUT2D eigenvalue weighted by atomic mass is 10.2. The fourth-order valence-corrected chi connectivity index (χ4v) is 3.03. The largest absolute Gasteiger partial charge is 0.280 e. The molecule has 0 amide bonds. The second-order valence-corrected chi connectivity index (χ2v) is 6.42. The number of fused-ring (bicyclic) bond motifs is 1. The van der Waals surface area contributed by atoms with E-state index in [4.69, 9.17) is 23.2 Å². The second-order valence-electron chi connectivity index (χ2n) is 4.75. The summed E-state index contributed by atoms with van der Waals surface area (Å²) in [5.41, 5.74) is 3.73. The van der Waals surface area contributed by atoms with Crippen molar-refractivity contribution in [2.45, 2.75) is 13.3 Å². The van der Waals surface area contributed by atoms with Crippen molar-refractivity contribution in [2.24, 2.45) is 0 Å². The molecule has 3 aromatic rings. The third kappa shape index (κ3) is 2.80. The molecule has 0 saturated carbocycles. The summed E-state index contributed by atoms with van der Waals surface area (Å²) in [6.45, 7) is 2.06. The smallest absolute Gasteiger partial charge is 0.164 e. The van der Waals surface area contributed by atoms with E-state index >= 15 is 0 Å². The number of nitrogens with zero attached hydrogens (tertiary/aromatic N) is 3. The highest BCUT2D eigenvalue weighted by Gasteiger charge is 2.15. The lowest BCUT2D eigenvalue weighted by molar-refractivity contribution is 0.901. The number of aromatic nitrogens is 3. The van der Waals surface area contributed by atoms with Crippen molar-refractivity contribution >= 4 is 50.3 Å². The quantitative estimate of drug-likeness (QED) is 0.599. The number of pyridine rings is 1. The number of imidazole rings is 1. The topological polar surface area (TPSA) is 30.7 Å². The standard InChI is InChI=1S/C15H12BrCl2N3/c1-9-2-3-11(16)13(6-9)21-14(4-5-17)20-12-7-10(18)8-19-15(12)21/h2-3,6-8H,4-5H2,1H3. The van der Waals surface area contributed by atoms with Crippen LogP contribution in [0.25, 0.3) is 16.9 Å². The molecule has 0 saturated heterocycles. The van der Waals surface area contributed by atoms with Crippen LogP contribution >= 0.6 is 39.1 Å². The van der Waals surface area contributed by atoms with Crippen molar-refractivity contribution in [3.8, 4) is 5.69 Å². The van der Waals surface area contributed by atoms with Crippen LogP contribution in [0, 0.1) is 6.92 Å². The first-order chi connectivity index (χ1) is 10.1. The van der Waals surface area contributed by atoms with E-state index in [1.54, 1.807) is 6.20 Å². The van der Waals surface area contributed by atoms with Gasteiger partial charge in [-0.2, -0.15) is 0 Å². The number of hydrogen-bond acceptors (Lipinski definition) is 2. The van der Waals surface area contributed by atoms with Gasteiger partial charge in [0.1, 0.15) is 11.3 Å². The lowest BCUT2D eigenvalue weighted by Gasteiger charge is -2.11. The molecule has 2 aromatic heterocycles. The highest BCUT2D eigenvalue weighted by molar-refractivity contribution is 9.10. The number of alkyl halides is 1. The average molecular weight is 385 g/mol. The third-order valence-corrected chi connectivity index (χ3v) is 4.26. The minimum Gasteiger partial charge on any atom is -0.280 e. The first kappa shape index (κ1) is 14.8. The molecule has 0 radical (unpaired) electrons. The molecule has 0 fully saturated rings. The van der Waals surface area contributed by atoms with Crippen molar-refractivity contribution in [1.29, 1.82) is 0 Å². The number of aryl methyl sites for hydroxylation is 2. The number of rotatable bonds is 3. The van der Waals surface area contributed by atoms with Crippen LogP contribution in [0.3, 0.4) is 0 Å². The van der Waals surface area contributed by atoms with Crippen molar-refractivity contribution in [2.75, 3.05) is 5.88 Å². The molecule has 3 nitrogen and oxygen atoms in total. The summed E-state index contributed by atoms with van der Waals surface area (Å²) in [5, 5.41) is 0.577. The number of hydrogen-bond donors (Lipinski definition) is 0. The molecular formula is C15H12BrCl2N3. The Hall–Kier alpha value is -1.10.